The third-order valence-electron chi connectivity index (χ3n) is 4.72. The first kappa shape index (κ1) is 15.9. The average Bonchev–Trinajstić information content (AvgIpc) is 2.97. The van der Waals surface area contributed by atoms with Gasteiger partial charge in [-0.15, -0.1) is 0 Å². The Labute approximate surface area is 134 Å². The summed E-state index contributed by atoms with van der Waals surface area (Å²) in [6.07, 6.45) is 4.69. The molecule has 8 nitrogen and oxygen atoms in total. The lowest BCUT2D eigenvalue weighted by atomic mass is 10.1. The Bertz CT molecular complexity index is 810. The Hall–Kier alpha value is -1.93. The maximum Gasteiger partial charge on any atom is 0.332 e. The standard InChI is InChI=1S/C15H24N6O2/c1-18-13-12(14(22)19(2)15(18)23)21(10-17-13)7-3-6-20-8-4-11(16)5-9-20/h10-11H,3-9,16H2,1-2H3. The molecule has 0 unspecified atom stereocenters. The van der Waals surface area contributed by atoms with Gasteiger partial charge >= 0.3 is 5.69 Å². The Morgan fingerprint density at radius 1 is 1.17 bits per heavy atom. The minimum Gasteiger partial charge on any atom is -0.328 e. The largest absolute Gasteiger partial charge is 0.332 e. The molecule has 2 aromatic rings. The topological polar surface area (TPSA) is 91.1 Å². The molecule has 1 fully saturated rings. The predicted molar refractivity (Wildman–Crippen MR) is 88.5 cm³/mol. The minimum absolute atomic E-state index is 0.287. The molecule has 0 aromatic carbocycles. The van der Waals surface area contributed by atoms with Gasteiger partial charge in [0, 0.05) is 26.7 Å². The molecule has 8 heteroatoms. The Kier molecular flexibility index (Phi) is 4.36. The molecular weight excluding hydrogens is 296 g/mol. The van der Waals surface area contributed by atoms with E-state index in [1.54, 1.807) is 13.4 Å². The number of hydrogen-bond donors (Lipinski definition) is 1. The van der Waals surface area contributed by atoms with Gasteiger partial charge in [-0.25, -0.2) is 9.78 Å². The van der Waals surface area contributed by atoms with Gasteiger partial charge in [-0.3, -0.25) is 13.9 Å². The van der Waals surface area contributed by atoms with Crippen molar-refractivity contribution in [1.29, 1.82) is 0 Å². The van der Waals surface area contributed by atoms with Crippen molar-refractivity contribution in [3.8, 4) is 0 Å². The van der Waals surface area contributed by atoms with Crippen LogP contribution in [0, 0.1) is 0 Å². The Morgan fingerprint density at radius 3 is 2.57 bits per heavy atom. The van der Waals surface area contributed by atoms with Crippen LogP contribution in [0.15, 0.2) is 15.9 Å². The first-order valence-corrected chi connectivity index (χ1v) is 8.08. The van der Waals surface area contributed by atoms with Crippen molar-refractivity contribution >= 4 is 11.2 Å². The first-order chi connectivity index (χ1) is 11.0. The quantitative estimate of drug-likeness (QED) is 0.800. The number of fused-ring (bicyclic) bond motifs is 1. The lowest BCUT2D eigenvalue weighted by molar-refractivity contribution is 0.208. The van der Waals surface area contributed by atoms with E-state index in [0.717, 1.165) is 43.5 Å². The molecule has 0 bridgehead atoms. The third kappa shape index (κ3) is 2.96. The van der Waals surface area contributed by atoms with Crippen LogP contribution in [0.25, 0.3) is 11.2 Å². The molecule has 0 spiro atoms. The van der Waals surface area contributed by atoms with Crippen molar-refractivity contribution in [2.45, 2.75) is 31.8 Å². The summed E-state index contributed by atoms with van der Waals surface area (Å²) in [7, 11) is 3.14. The third-order valence-corrected chi connectivity index (χ3v) is 4.72. The summed E-state index contributed by atoms with van der Waals surface area (Å²) >= 11 is 0. The molecule has 1 saturated heterocycles. The van der Waals surface area contributed by atoms with Gasteiger partial charge in [0.05, 0.1) is 6.33 Å². The van der Waals surface area contributed by atoms with E-state index in [1.165, 1.54) is 11.6 Å². The number of nitrogens with zero attached hydrogens (tertiary/aromatic N) is 5. The first-order valence-electron chi connectivity index (χ1n) is 8.08. The van der Waals surface area contributed by atoms with Crippen molar-refractivity contribution in [2.75, 3.05) is 19.6 Å². The highest BCUT2D eigenvalue weighted by molar-refractivity contribution is 5.69. The van der Waals surface area contributed by atoms with Gasteiger partial charge in [0.25, 0.3) is 5.56 Å². The van der Waals surface area contributed by atoms with Crippen LogP contribution in [-0.4, -0.2) is 49.3 Å². The van der Waals surface area contributed by atoms with Gasteiger partial charge in [-0.05, 0) is 38.9 Å². The maximum atomic E-state index is 12.3. The molecule has 2 N–H and O–H groups in total. The number of hydrogen-bond acceptors (Lipinski definition) is 5. The number of imidazole rings is 1. The van der Waals surface area contributed by atoms with Crippen LogP contribution in [-0.2, 0) is 20.6 Å². The second kappa shape index (κ2) is 6.29. The summed E-state index contributed by atoms with van der Waals surface area (Å²) in [6.45, 7) is 3.79. The highest BCUT2D eigenvalue weighted by Crippen LogP contribution is 2.10. The van der Waals surface area contributed by atoms with Crippen LogP contribution < -0.4 is 17.0 Å². The van der Waals surface area contributed by atoms with E-state index in [9.17, 15) is 9.59 Å². The van der Waals surface area contributed by atoms with Gasteiger partial charge in [0.15, 0.2) is 11.2 Å². The molecule has 0 radical (unpaired) electrons. The molecule has 1 aliphatic rings. The second-order valence-electron chi connectivity index (χ2n) is 6.35. The molecule has 0 aliphatic carbocycles. The smallest absolute Gasteiger partial charge is 0.328 e. The van der Waals surface area contributed by atoms with Crippen LogP contribution in [0.4, 0.5) is 0 Å². The van der Waals surface area contributed by atoms with Crippen molar-refractivity contribution < 1.29 is 0 Å². The number of aromatic nitrogens is 4. The normalized spacial score (nSPS) is 17.2. The summed E-state index contributed by atoms with van der Waals surface area (Å²) in [5.74, 6) is 0. The van der Waals surface area contributed by atoms with Crippen LogP contribution >= 0.6 is 0 Å². The van der Waals surface area contributed by atoms with Gasteiger partial charge < -0.3 is 15.2 Å². The predicted octanol–water partition coefficient (Wildman–Crippen LogP) is -0.753. The number of aryl methyl sites for hydroxylation is 2. The highest BCUT2D eigenvalue weighted by Gasteiger charge is 2.16. The summed E-state index contributed by atoms with van der Waals surface area (Å²) in [5.41, 5.74) is 6.22. The lowest BCUT2D eigenvalue weighted by Gasteiger charge is -2.29. The SMILES string of the molecule is Cn1c(=O)c2c(ncn2CCCN2CCC(N)CC2)n(C)c1=O. The van der Waals surface area contributed by atoms with E-state index in [1.807, 2.05) is 4.57 Å². The van der Waals surface area contributed by atoms with E-state index in [0.29, 0.717) is 23.8 Å². The van der Waals surface area contributed by atoms with Crippen molar-refractivity contribution in [2.24, 2.45) is 19.8 Å². The number of likely N-dealkylation sites (tertiary alicyclic amines) is 1. The van der Waals surface area contributed by atoms with Crippen LogP contribution in [0.3, 0.4) is 0 Å². The molecule has 0 atom stereocenters. The summed E-state index contributed by atoms with van der Waals surface area (Å²) in [6, 6.07) is 0.341. The number of rotatable bonds is 4. The molecular formula is C15H24N6O2. The Balaban J connectivity index is 1.74. The average molecular weight is 320 g/mol. The second-order valence-corrected chi connectivity index (χ2v) is 6.35. The van der Waals surface area contributed by atoms with Gasteiger partial charge in [0.2, 0.25) is 0 Å². The number of nitrogens with two attached hydrogens (primary N) is 1. The Morgan fingerprint density at radius 2 is 1.87 bits per heavy atom. The van der Waals surface area contributed by atoms with Gasteiger partial charge in [-0.2, -0.15) is 0 Å². The fraction of sp³-hybridized carbons (Fsp3) is 0.667. The molecule has 1 aliphatic heterocycles. The zero-order valence-electron chi connectivity index (χ0n) is 13.7. The highest BCUT2D eigenvalue weighted by atomic mass is 16.2. The van der Waals surface area contributed by atoms with Crippen LogP contribution in [0.2, 0.25) is 0 Å². The molecule has 126 valence electrons. The van der Waals surface area contributed by atoms with Gasteiger partial charge in [-0.1, -0.05) is 0 Å². The molecule has 0 saturated carbocycles. The summed E-state index contributed by atoms with van der Waals surface area (Å²) in [4.78, 5) is 30.9. The van der Waals surface area contributed by atoms with Crippen molar-refractivity contribution in [3.63, 3.8) is 0 Å². The van der Waals surface area contributed by atoms with Crippen LogP contribution in [0.1, 0.15) is 19.3 Å². The van der Waals surface area contributed by atoms with E-state index < -0.39 is 0 Å². The van der Waals surface area contributed by atoms with E-state index in [2.05, 4.69) is 9.88 Å². The maximum absolute atomic E-state index is 12.3. The molecule has 3 heterocycles. The van der Waals surface area contributed by atoms with E-state index in [4.69, 9.17) is 5.73 Å². The summed E-state index contributed by atoms with van der Waals surface area (Å²) < 4.78 is 4.40. The van der Waals surface area contributed by atoms with E-state index in [-0.39, 0.29) is 11.2 Å². The zero-order chi connectivity index (χ0) is 16.6. The fourth-order valence-electron chi connectivity index (χ4n) is 3.21. The van der Waals surface area contributed by atoms with Crippen molar-refractivity contribution in [3.05, 3.63) is 27.2 Å². The van der Waals surface area contributed by atoms with E-state index >= 15 is 0 Å². The molecule has 23 heavy (non-hydrogen) atoms. The lowest BCUT2D eigenvalue weighted by Crippen LogP contribution is -2.40. The zero-order valence-corrected chi connectivity index (χ0v) is 13.7. The molecule has 0 amide bonds. The van der Waals surface area contributed by atoms with Crippen LogP contribution in [0.5, 0.6) is 0 Å². The van der Waals surface area contributed by atoms with Crippen molar-refractivity contribution in [1.82, 2.24) is 23.6 Å². The molecule has 2 aromatic heterocycles. The summed E-state index contributed by atoms with van der Waals surface area (Å²) in [5, 5.41) is 0. The van der Waals surface area contributed by atoms with Gasteiger partial charge in [0.1, 0.15) is 0 Å². The number of piperidine rings is 1. The monoisotopic (exact) mass is 320 g/mol. The molecule has 3 rings (SSSR count). The fourth-order valence-corrected chi connectivity index (χ4v) is 3.21. The minimum atomic E-state index is -0.350.